The fourth-order valence-electron chi connectivity index (χ4n) is 5.50. The van der Waals surface area contributed by atoms with Gasteiger partial charge in [-0.05, 0) is 74.9 Å². The van der Waals surface area contributed by atoms with Crippen LogP contribution in [0.1, 0.15) is 74.9 Å². The third kappa shape index (κ3) is 7.95. The Bertz CT molecular complexity index is 1250. The van der Waals surface area contributed by atoms with Gasteiger partial charge in [-0.1, -0.05) is 72.8 Å². The fourth-order valence-corrected chi connectivity index (χ4v) is 5.50. The summed E-state index contributed by atoms with van der Waals surface area (Å²) in [5, 5.41) is 0. The largest absolute Gasteiger partial charge is 0.274 e. The zero-order valence-electron chi connectivity index (χ0n) is 26.4. The second-order valence-corrected chi connectivity index (χ2v) is 11.4. The Kier molecular flexibility index (Phi) is 10.1. The van der Waals surface area contributed by atoms with Gasteiger partial charge in [0.1, 0.15) is 37.0 Å². The van der Waals surface area contributed by atoms with Crippen molar-refractivity contribution in [3.05, 3.63) is 106 Å². The third-order valence-electron chi connectivity index (χ3n) is 8.03. The molecule has 44 heavy (non-hydrogen) atoms. The summed E-state index contributed by atoms with van der Waals surface area (Å²) in [7, 11) is 0. The van der Waals surface area contributed by atoms with Gasteiger partial charge in [-0.3, -0.25) is 30.0 Å². The van der Waals surface area contributed by atoms with E-state index < -0.39 is 0 Å². The summed E-state index contributed by atoms with van der Waals surface area (Å²) >= 11 is 0. The molecule has 12 aliphatic rings. The maximum Gasteiger partial charge on any atom is 0.102 e. The van der Waals surface area contributed by atoms with Crippen molar-refractivity contribution in [1.29, 1.82) is 0 Å². The van der Waals surface area contributed by atoms with Crippen LogP contribution in [0.2, 0.25) is 0 Å². The summed E-state index contributed by atoms with van der Waals surface area (Å²) in [6, 6.07) is 24.8. The van der Waals surface area contributed by atoms with Crippen LogP contribution in [0.5, 0.6) is 0 Å². The second kappa shape index (κ2) is 14.4. The van der Waals surface area contributed by atoms with E-state index in [1.807, 2.05) is 37.3 Å². The van der Waals surface area contributed by atoms with Gasteiger partial charge in [-0.2, -0.15) is 0 Å². The molecule has 8 bridgehead atoms. The molecule has 0 saturated heterocycles. The van der Waals surface area contributed by atoms with Gasteiger partial charge in [0, 0.05) is 37.3 Å². The van der Waals surface area contributed by atoms with Crippen LogP contribution < -0.4 is 0 Å². The highest BCUT2D eigenvalue weighted by Crippen LogP contribution is 2.18. The lowest BCUT2D eigenvalue weighted by atomic mass is 10.1. The van der Waals surface area contributed by atoms with Crippen molar-refractivity contribution in [3.63, 3.8) is 0 Å². The Morgan fingerprint density at radius 1 is 0.295 bits per heavy atom. The Hall–Kier alpha value is -4.40. The molecule has 12 aliphatic heterocycles. The Labute approximate surface area is 261 Å². The van der Waals surface area contributed by atoms with Crippen molar-refractivity contribution in [1.82, 2.24) is 9.80 Å². The molecule has 6 unspecified atom stereocenters. The van der Waals surface area contributed by atoms with Crippen LogP contribution in [0.3, 0.4) is 0 Å². The van der Waals surface area contributed by atoms with E-state index in [4.69, 9.17) is 30.0 Å². The van der Waals surface area contributed by atoms with Crippen molar-refractivity contribution in [3.8, 4) is 0 Å². The molecule has 8 heteroatoms. The minimum atomic E-state index is -0.167. The second-order valence-electron chi connectivity index (χ2n) is 11.4. The Morgan fingerprint density at radius 2 is 0.432 bits per heavy atom. The molecule has 0 saturated carbocycles. The third-order valence-corrected chi connectivity index (χ3v) is 8.03. The van der Waals surface area contributed by atoms with Gasteiger partial charge >= 0.3 is 0 Å². The lowest BCUT2D eigenvalue weighted by Crippen LogP contribution is -2.44. The van der Waals surface area contributed by atoms with Crippen molar-refractivity contribution < 1.29 is 0 Å². The lowest BCUT2D eigenvalue weighted by molar-refractivity contribution is 0.118. The standard InChI is InChI=1S/C36H42N8/c1-25-37-19-31-7-9-34(10-8-31)22-40-28(4)44-29(5)41-23-35-15-11-32(12-16-35)20-38-26(2)43(25)27(3)39-21-33-13-17-36(18-14-33)24-42-30(44)6/h7-30H,1-6H3/b37-19+,38-20+,39-21+,40-22+,41-23+,42-24+. The van der Waals surface area contributed by atoms with Gasteiger partial charge in [0.2, 0.25) is 0 Å². The van der Waals surface area contributed by atoms with Gasteiger partial charge in [0.15, 0.2) is 0 Å². The first-order valence-corrected chi connectivity index (χ1v) is 15.3. The molecule has 0 aromatic heterocycles. The van der Waals surface area contributed by atoms with Gasteiger partial charge in [-0.15, -0.1) is 0 Å². The van der Waals surface area contributed by atoms with E-state index in [2.05, 4.69) is 124 Å². The van der Waals surface area contributed by atoms with E-state index in [-0.39, 0.29) is 37.0 Å². The Balaban J connectivity index is 1.65. The normalized spacial score (nSPS) is 33.4. The van der Waals surface area contributed by atoms with Crippen molar-refractivity contribution in [2.75, 3.05) is 0 Å². The van der Waals surface area contributed by atoms with E-state index in [1.165, 1.54) is 0 Å². The number of aliphatic imine (C=N–C) groups is 6. The zero-order valence-corrected chi connectivity index (χ0v) is 26.4. The first-order valence-electron chi connectivity index (χ1n) is 15.3. The van der Waals surface area contributed by atoms with Crippen LogP contribution in [-0.4, -0.2) is 84.1 Å². The van der Waals surface area contributed by atoms with Gasteiger partial charge in [-0.25, -0.2) is 9.80 Å². The van der Waals surface area contributed by atoms with E-state index in [0.717, 1.165) is 33.4 Å². The Morgan fingerprint density at radius 3 is 0.568 bits per heavy atom. The summed E-state index contributed by atoms with van der Waals surface area (Å²) in [6.45, 7) is 12.5. The highest BCUT2D eigenvalue weighted by molar-refractivity contribution is 5.86. The zero-order chi connectivity index (χ0) is 31.1. The first-order chi connectivity index (χ1) is 21.3. The summed E-state index contributed by atoms with van der Waals surface area (Å²) in [5.74, 6) is 0. The van der Waals surface area contributed by atoms with E-state index in [9.17, 15) is 0 Å². The summed E-state index contributed by atoms with van der Waals surface area (Å²) in [5.41, 5.74) is 6.12. The SMILES string of the molecule is CC1/N=C/c2ccc(cc2)/C=N/C(C)N2C(C)/N=C/c3ccc(cc3)/C=N/C(C)N1C(C)/N=C/c1ccc(cc1)/C=N/C2C. The monoisotopic (exact) mass is 586 g/mol. The maximum atomic E-state index is 4.93. The summed E-state index contributed by atoms with van der Waals surface area (Å²) in [4.78, 5) is 34.0. The van der Waals surface area contributed by atoms with Crippen LogP contribution in [0, 0.1) is 0 Å². The van der Waals surface area contributed by atoms with Crippen LogP contribution in [0.15, 0.2) is 103 Å². The molecule has 0 fully saturated rings. The predicted molar refractivity (Wildman–Crippen MR) is 185 cm³/mol. The number of nitrogens with zero attached hydrogens (tertiary/aromatic N) is 8. The van der Waals surface area contributed by atoms with E-state index in [0.29, 0.717) is 0 Å². The van der Waals surface area contributed by atoms with Crippen LogP contribution in [-0.2, 0) is 0 Å². The molecule has 0 N–H and O–H groups in total. The molecular formula is C36H42N8. The number of rotatable bonds is 0. The van der Waals surface area contributed by atoms with Crippen molar-refractivity contribution in [2.24, 2.45) is 30.0 Å². The molecule has 3 aromatic carbocycles. The lowest BCUT2D eigenvalue weighted by Gasteiger charge is -2.33. The molecule has 0 radical (unpaired) electrons. The molecule has 0 aliphatic carbocycles. The van der Waals surface area contributed by atoms with Crippen molar-refractivity contribution in [2.45, 2.75) is 78.5 Å². The maximum absolute atomic E-state index is 4.93. The average Bonchev–Trinajstić information content (AvgIpc) is 3.03. The number of hydrogen-bond donors (Lipinski definition) is 0. The van der Waals surface area contributed by atoms with Crippen molar-refractivity contribution >= 4 is 37.3 Å². The van der Waals surface area contributed by atoms with E-state index in [1.54, 1.807) is 0 Å². The number of hydrogen-bond acceptors (Lipinski definition) is 8. The molecule has 3 aromatic rings. The predicted octanol–water partition coefficient (Wildman–Crippen LogP) is 6.31. The molecule has 8 nitrogen and oxygen atoms in total. The number of benzene rings is 3. The summed E-state index contributed by atoms with van der Waals surface area (Å²) < 4.78 is 0. The van der Waals surface area contributed by atoms with Gasteiger partial charge in [0.05, 0.1) is 0 Å². The quantitative estimate of drug-likeness (QED) is 0.310. The summed E-state index contributed by atoms with van der Waals surface area (Å²) in [6.07, 6.45) is 10.5. The molecular weight excluding hydrogens is 544 g/mol. The van der Waals surface area contributed by atoms with Crippen LogP contribution >= 0.6 is 0 Å². The van der Waals surface area contributed by atoms with E-state index >= 15 is 0 Å². The molecule has 12 heterocycles. The molecule has 226 valence electrons. The molecule has 0 spiro atoms. The molecule has 15 rings (SSSR count). The highest BCUT2D eigenvalue weighted by atomic mass is 15.4. The van der Waals surface area contributed by atoms with Gasteiger partial charge in [0.25, 0.3) is 0 Å². The fraction of sp³-hybridized carbons (Fsp3) is 0.333. The molecule has 0 amide bonds. The highest BCUT2D eigenvalue weighted by Gasteiger charge is 2.25. The topological polar surface area (TPSA) is 80.6 Å². The smallest absolute Gasteiger partial charge is 0.102 e. The van der Waals surface area contributed by atoms with Crippen LogP contribution in [0.25, 0.3) is 0 Å². The van der Waals surface area contributed by atoms with Gasteiger partial charge < -0.3 is 0 Å². The molecule has 6 atom stereocenters. The minimum Gasteiger partial charge on any atom is -0.274 e. The van der Waals surface area contributed by atoms with Crippen LogP contribution in [0.4, 0.5) is 0 Å². The minimum absolute atomic E-state index is 0.167. The average molecular weight is 587 g/mol. The first kappa shape index (κ1) is 31.0.